The summed E-state index contributed by atoms with van der Waals surface area (Å²) in [5, 5.41) is 2.92. The van der Waals surface area contributed by atoms with Crippen molar-refractivity contribution in [3.63, 3.8) is 0 Å². The molecule has 0 aromatic heterocycles. The summed E-state index contributed by atoms with van der Waals surface area (Å²) in [5.41, 5.74) is 5.83. The summed E-state index contributed by atoms with van der Waals surface area (Å²) in [4.78, 5) is 14.3. The summed E-state index contributed by atoms with van der Waals surface area (Å²) in [7, 11) is 0. The number of hydrogen-bond acceptors (Lipinski definition) is 5. The first-order chi connectivity index (χ1) is 9.20. The Hall–Kier alpha value is -0.300. The third-order valence-electron chi connectivity index (χ3n) is 3.71. The van der Waals surface area contributed by atoms with Gasteiger partial charge in [0.1, 0.15) is 0 Å². The first kappa shape index (κ1) is 15.1. The van der Waals surface area contributed by atoms with E-state index in [1.165, 1.54) is 12.8 Å². The van der Waals surface area contributed by atoms with Crippen LogP contribution in [0.4, 0.5) is 0 Å². The van der Waals surface area contributed by atoms with Crippen molar-refractivity contribution in [3.8, 4) is 0 Å². The van der Waals surface area contributed by atoms with Crippen LogP contribution in [-0.2, 0) is 9.53 Å². The van der Waals surface area contributed by atoms with Gasteiger partial charge in [-0.3, -0.25) is 9.69 Å². The molecule has 2 fully saturated rings. The molecular weight excluding hydrogens is 262 g/mol. The molecule has 1 saturated carbocycles. The van der Waals surface area contributed by atoms with E-state index >= 15 is 0 Å². The molecule has 5 nitrogen and oxygen atoms in total. The number of morpholine rings is 1. The molecule has 2 atom stereocenters. The Morgan fingerprint density at radius 3 is 3.05 bits per heavy atom. The maximum absolute atomic E-state index is 11.8. The SMILES string of the molecule is CSCCC(N)C(=O)NCC1CN(C2CC2)CCO1. The number of amides is 1. The number of carbonyl (C=O) groups excluding carboxylic acids is 1. The molecule has 0 bridgehead atoms. The Labute approximate surface area is 119 Å². The zero-order chi connectivity index (χ0) is 13.7. The molecule has 19 heavy (non-hydrogen) atoms. The lowest BCUT2D eigenvalue weighted by Gasteiger charge is -2.33. The average Bonchev–Trinajstić information content (AvgIpc) is 3.27. The standard InChI is InChI=1S/C13H25N3O2S/c1-19-7-4-12(14)13(17)15-8-11-9-16(5-6-18-11)10-2-3-10/h10-12H,2-9,14H2,1H3,(H,15,17). The van der Waals surface area contributed by atoms with E-state index in [9.17, 15) is 4.79 Å². The molecule has 1 saturated heterocycles. The first-order valence-corrected chi connectivity index (χ1v) is 8.48. The fraction of sp³-hybridized carbons (Fsp3) is 0.923. The highest BCUT2D eigenvalue weighted by molar-refractivity contribution is 7.98. The van der Waals surface area contributed by atoms with Gasteiger partial charge in [0.05, 0.1) is 18.8 Å². The van der Waals surface area contributed by atoms with E-state index in [-0.39, 0.29) is 12.0 Å². The molecular formula is C13H25N3O2S. The van der Waals surface area contributed by atoms with Gasteiger partial charge < -0.3 is 15.8 Å². The lowest BCUT2D eigenvalue weighted by atomic mass is 10.2. The highest BCUT2D eigenvalue weighted by atomic mass is 32.2. The van der Waals surface area contributed by atoms with Crippen molar-refractivity contribution in [2.24, 2.45) is 5.73 Å². The Morgan fingerprint density at radius 2 is 2.37 bits per heavy atom. The van der Waals surface area contributed by atoms with Crippen LogP contribution in [0, 0.1) is 0 Å². The second-order valence-electron chi connectivity index (χ2n) is 5.35. The van der Waals surface area contributed by atoms with Crippen molar-refractivity contribution in [3.05, 3.63) is 0 Å². The highest BCUT2D eigenvalue weighted by Crippen LogP contribution is 2.28. The number of carbonyl (C=O) groups is 1. The summed E-state index contributed by atoms with van der Waals surface area (Å²) in [6.07, 6.45) is 5.50. The number of hydrogen-bond donors (Lipinski definition) is 2. The fourth-order valence-electron chi connectivity index (χ4n) is 2.36. The van der Waals surface area contributed by atoms with Crippen LogP contribution >= 0.6 is 11.8 Å². The third kappa shape index (κ3) is 4.95. The fourth-order valence-corrected chi connectivity index (χ4v) is 2.85. The number of thioether (sulfide) groups is 1. The predicted molar refractivity (Wildman–Crippen MR) is 78.3 cm³/mol. The van der Waals surface area contributed by atoms with Crippen LogP contribution in [0.5, 0.6) is 0 Å². The molecule has 0 radical (unpaired) electrons. The van der Waals surface area contributed by atoms with E-state index in [4.69, 9.17) is 10.5 Å². The van der Waals surface area contributed by atoms with Gasteiger partial charge in [-0.2, -0.15) is 11.8 Å². The van der Waals surface area contributed by atoms with Crippen LogP contribution in [0.25, 0.3) is 0 Å². The molecule has 0 aromatic rings. The molecule has 110 valence electrons. The van der Waals surface area contributed by atoms with Gasteiger partial charge in [0.2, 0.25) is 5.91 Å². The van der Waals surface area contributed by atoms with Gasteiger partial charge in [0.15, 0.2) is 0 Å². The number of nitrogens with one attached hydrogen (secondary N) is 1. The van der Waals surface area contributed by atoms with Gasteiger partial charge in [0.25, 0.3) is 0 Å². The van der Waals surface area contributed by atoms with Gasteiger partial charge in [0, 0.05) is 25.7 Å². The minimum Gasteiger partial charge on any atom is -0.374 e. The second-order valence-corrected chi connectivity index (χ2v) is 6.34. The average molecular weight is 287 g/mol. The maximum atomic E-state index is 11.8. The molecule has 6 heteroatoms. The lowest BCUT2D eigenvalue weighted by molar-refractivity contribution is -0.123. The van der Waals surface area contributed by atoms with Crippen molar-refractivity contribution in [2.75, 3.05) is 38.2 Å². The van der Waals surface area contributed by atoms with Crippen LogP contribution in [-0.4, -0.2) is 67.2 Å². The van der Waals surface area contributed by atoms with E-state index in [0.29, 0.717) is 6.54 Å². The van der Waals surface area contributed by atoms with Crippen LogP contribution in [0.15, 0.2) is 0 Å². The summed E-state index contributed by atoms with van der Waals surface area (Å²) < 4.78 is 5.70. The topological polar surface area (TPSA) is 67.6 Å². The zero-order valence-electron chi connectivity index (χ0n) is 11.6. The molecule has 1 heterocycles. The Balaban J connectivity index is 1.64. The van der Waals surface area contributed by atoms with Crippen LogP contribution in [0.2, 0.25) is 0 Å². The smallest absolute Gasteiger partial charge is 0.237 e. The van der Waals surface area contributed by atoms with Crippen molar-refractivity contribution in [2.45, 2.75) is 37.5 Å². The quantitative estimate of drug-likeness (QED) is 0.692. The van der Waals surface area contributed by atoms with Crippen molar-refractivity contribution in [1.82, 2.24) is 10.2 Å². The van der Waals surface area contributed by atoms with Gasteiger partial charge in [-0.05, 0) is 31.3 Å². The van der Waals surface area contributed by atoms with E-state index in [1.807, 2.05) is 6.26 Å². The molecule has 1 aliphatic carbocycles. The number of rotatable bonds is 7. The molecule has 0 aromatic carbocycles. The van der Waals surface area contributed by atoms with Crippen molar-refractivity contribution >= 4 is 17.7 Å². The van der Waals surface area contributed by atoms with Gasteiger partial charge in [-0.15, -0.1) is 0 Å². The lowest BCUT2D eigenvalue weighted by Crippen LogP contribution is -2.50. The molecule has 2 aliphatic rings. The van der Waals surface area contributed by atoms with Crippen LogP contribution in [0.1, 0.15) is 19.3 Å². The van der Waals surface area contributed by atoms with Gasteiger partial charge in [-0.25, -0.2) is 0 Å². The Bertz CT molecular complexity index is 300. The second kappa shape index (κ2) is 7.47. The van der Waals surface area contributed by atoms with Gasteiger partial charge in [-0.1, -0.05) is 0 Å². The number of nitrogens with two attached hydrogens (primary N) is 1. The minimum absolute atomic E-state index is 0.0544. The minimum atomic E-state index is -0.393. The molecule has 1 amide bonds. The predicted octanol–water partition coefficient (Wildman–Crippen LogP) is 0.0462. The van der Waals surface area contributed by atoms with E-state index < -0.39 is 6.04 Å². The van der Waals surface area contributed by atoms with Gasteiger partial charge >= 0.3 is 0 Å². The Morgan fingerprint density at radius 1 is 1.58 bits per heavy atom. The Kier molecular flexibility index (Phi) is 5.94. The normalized spacial score (nSPS) is 26.1. The van der Waals surface area contributed by atoms with E-state index in [0.717, 1.165) is 37.9 Å². The molecule has 1 aliphatic heterocycles. The molecule has 3 N–H and O–H groups in total. The zero-order valence-corrected chi connectivity index (χ0v) is 12.5. The van der Waals surface area contributed by atoms with E-state index in [1.54, 1.807) is 11.8 Å². The first-order valence-electron chi connectivity index (χ1n) is 7.08. The molecule has 0 spiro atoms. The summed E-state index contributed by atoms with van der Waals surface area (Å²) in [6, 6.07) is 0.376. The summed E-state index contributed by atoms with van der Waals surface area (Å²) in [6.45, 7) is 3.32. The monoisotopic (exact) mass is 287 g/mol. The highest BCUT2D eigenvalue weighted by Gasteiger charge is 2.33. The molecule has 2 unspecified atom stereocenters. The molecule has 2 rings (SSSR count). The number of nitrogens with zero attached hydrogens (tertiary/aromatic N) is 1. The van der Waals surface area contributed by atoms with Crippen molar-refractivity contribution in [1.29, 1.82) is 0 Å². The van der Waals surface area contributed by atoms with Crippen LogP contribution < -0.4 is 11.1 Å². The third-order valence-corrected chi connectivity index (χ3v) is 4.35. The van der Waals surface area contributed by atoms with E-state index in [2.05, 4.69) is 10.2 Å². The number of ether oxygens (including phenoxy) is 1. The summed E-state index contributed by atoms with van der Waals surface area (Å²) >= 11 is 1.71. The van der Waals surface area contributed by atoms with Crippen molar-refractivity contribution < 1.29 is 9.53 Å². The largest absolute Gasteiger partial charge is 0.374 e. The van der Waals surface area contributed by atoms with Crippen LogP contribution in [0.3, 0.4) is 0 Å². The summed E-state index contributed by atoms with van der Waals surface area (Å²) in [5.74, 6) is 0.866. The maximum Gasteiger partial charge on any atom is 0.237 e.